The van der Waals surface area contributed by atoms with Gasteiger partial charge in [-0.15, -0.1) is 0 Å². The number of hydrogen-bond donors (Lipinski definition) is 2. The Labute approximate surface area is 161 Å². The van der Waals surface area contributed by atoms with E-state index in [1.165, 1.54) is 16.7 Å². The van der Waals surface area contributed by atoms with Crippen molar-refractivity contribution in [1.29, 1.82) is 0 Å². The summed E-state index contributed by atoms with van der Waals surface area (Å²) < 4.78 is 2.19. The topological polar surface area (TPSA) is 54.2 Å². The van der Waals surface area contributed by atoms with Crippen LogP contribution in [-0.4, -0.2) is 29.1 Å². The van der Waals surface area contributed by atoms with E-state index in [1.807, 2.05) is 18.5 Å². The molecule has 5 nitrogen and oxygen atoms in total. The van der Waals surface area contributed by atoms with Crippen molar-refractivity contribution < 1.29 is 0 Å². The maximum absolute atomic E-state index is 4.50. The Bertz CT molecular complexity index is 867. The van der Waals surface area contributed by atoms with Crippen LogP contribution < -0.4 is 10.6 Å². The molecule has 0 radical (unpaired) electrons. The zero-order chi connectivity index (χ0) is 18.9. The van der Waals surface area contributed by atoms with Crippen molar-refractivity contribution >= 4 is 5.96 Å². The molecule has 3 rings (SSSR count). The minimum atomic E-state index is 0.754. The summed E-state index contributed by atoms with van der Waals surface area (Å²) in [5, 5.41) is 6.73. The molecule has 1 heterocycles. The highest BCUT2D eigenvalue weighted by Crippen LogP contribution is 2.06. The van der Waals surface area contributed by atoms with Crippen molar-refractivity contribution in [2.24, 2.45) is 4.99 Å². The van der Waals surface area contributed by atoms with Gasteiger partial charge in [0.25, 0.3) is 0 Å². The second kappa shape index (κ2) is 9.57. The van der Waals surface area contributed by atoms with E-state index in [4.69, 9.17) is 0 Å². The molecule has 27 heavy (non-hydrogen) atoms. The number of nitrogens with one attached hydrogen (secondary N) is 2. The Balaban J connectivity index is 1.48. The van der Waals surface area contributed by atoms with Crippen LogP contribution in [0.15, 0.2) is 72.0 Å². The van der Waals surface area contributed by atoms with Gasteiger partial charge in [0.05, 0.1) is 0 Å². The number of benzene rings is 2. The van der Waals surface area contributed by atoms with Crippen molar-refractivity contribution in [3.8, 4) is 0 Å². The molecule has 5 heteroatoms. The summed E-state index contributed by atoms with van der Waals surface area (Å²) in [7, 11) is 1.79. The van der Waals surface area contributed by atoms with Crippen molar-refractivity contribution in [2.45, 2.75) is 26.4 Å². The van der Waals surface area contributed by atoms with Gasteiger partial charge in [0.2, 0.25) is 0 Å². The van der Waals surface area contributed by atoms with Crippen LogP contribution in [-0.2, 0) is 19.5 Å². The molecule has 2 N–H and O–H groups in total. The molecule has 0 unspecified atom stereocenters. The van der Waals surface area contributed by atoms with Gasteiger partial charge < -0.3 is 15.2 Å². The SMILES string of the molecule is CN=C(NCCc1nccn1Cc1ccccc1)NCc1cccc(C)c1. The number of guanidine groups is 1. The summed E-state index contributed by atoms with van der Waals surface area (Å²) in [5.41, 5.74) is 3.79. The summed E-state index contributed by atoms with van der Waals surface area (Å²) >= 11 is 0. The number of aliphatic imine (C=N–C) groups is 1. The van der Waals surface area contributed by atoms with E-state index in [1.54, 1.807) is 7.05 Å². The van der Waals surface area contributed by atoms with Gasteiger partial charge in [-0.25, -0.2) is 4.98 Å². The predicted molar refractivity (Wildman–Crippen MR) is 111 cm³/mol. The van der Waals surface area contributed by atoms with Gasteiger partial charge >= 0.3 is 0 Å². The average molecular weight is 361 g/mol. The summed E-state index contributed by atoms with van der Waals surface area (Å²) in [5.74, 6) is 1.87. The molecule has 140 valence electrons. The van der Waals surface area contributed by atoms with Crippen LogP contribution in [0, 0.1) is 6.92 Å². The number of imidazole rings is 1. The van der Waals surface area contributed by atoms with E-state index < -0.39 is 0 Å². The second-order valence-electron chi connectivity index (χ2n) is 6.55. The third-order valence-corrected chi connectivity index (χ3v) is 4.40. The fourth-order valence-corrected chi connectivity index (χ4v) is 3.01. The Kier molecular flexibility index (Phi) is 6.63. The zero-order valence-corrected chi connectivity index (χ0v) is 16.0. The van der Waals surface area contributed by atoms with Gasteiger partial charge in [0.1, 0.15) is 5.82 Å². The first kappa shape index (κ1) is 18.7. The molecular formula is C22H27N5. The first-order chi connectivity index (χ1) is 13.2. The number of rotatable bonds is 7. The first-order valence-corrected chi connectivity index (χ1v) is 9.28. The number of aromatic nitrogens is 2. The van der Waals surface area contributed by atoms with Crippen LogP contribution in [0.4, 0.5) is 0 Å². The summed E-state index contributed by atoms with van der Waals surface area (Å²) in [4.78, 5) is 8.80. The number of nitrogens with zero attached hydrogens (tertiary/aromatic N) is 3. The Morgan fingerprint density at radius 2 is 1.85 bits per heavy atom. The van der Waals surface area contributed by atoms with Crippen LogP contribution in [0.5, 0.6) is 0 Å². The van der Waals surface area contributed by atoms with Crippen LogP contribution in [0.1, 0.15) is 22.5 Å². The molecule has 0 bridgehead atoms. The largest absolute Gasteiger partial charge is 0.356 e. The highest BCUT2D eigenvalue weighted by Gasteiger charge is 2.05. The predicted octanol–water partition coefficient (Wildman–Crippen LogP) is 3.15. The first-order valence-electron chi connectivity index (χ1n) is 9.28. The molecular weight excluding hydrogens is 334 g/mol. The standard InChI is InChI=1S/C22H27N5/c1-18-7-6-10-20(15-18)16-26-22(23-2)25-12-11-21-24-13-14-27(21)17-19-8-4-3-5-9-19/h3-10,13-15H,11-12,16-17H2,1-2H3,(H2,23,25,26). The summed E-state index contributed by atoms with van der Waals surface area (Å²) in [6, 6.07) is 18.9. The molecule has 0 amide bonds. The lowest BCUT2D eigenvalue weighted by molar-refractivity contribution is 0.694. The zero-order valence-electron chi connectivity index (χ0n) is 16.0. The smallest absolute Gasteiger partial charge is 0.191 e. The minimum Gasteiger partial charge on any atom is -0.356 e. The molecule has 3 aromatic rings. The fraction of sp³-hybridized carbons (Fsp3) is 0.273. The van der Waals surface area contributed by atoms with Gasteiger partial charge in [0, 0.05) is 45.5 Å². The van der Waals surface area contributed by atoms with E-state index in [-0.39, 0.29) is 0 Å². The highest BCUT2D eigenvalue weighted by molar-refractivity contribution is 5.79. The lowest BCUT2D eigenvalue weighted by Crippen LogP contribution is -2.38. The van der Waals surface area contributed by atoms with Crippen molar-refractivity contribution in [3.63, 3.8) is 0 Å². The molecule has 0 aliphatic carbocycles. The quantitative estimate of drug-likeness (QED) is 0.502. The normalized spacial score (nSPS) is 11.4. The maximum Gasteiger partial charge on any atom is 0.191 e. The Hall–Kier alpha value is -3.08. The van der Waals surface area contributed by atoms with E-state index in [0.29, 0.717) is 0 Å². The van der Waals surface area contributed by atoms with Gasteiger partial charge in [-0.3, -0.25) is 4.99 Å². The third-order valence-electron chi connectivity index (χ3n) is 4.40. The third kappa shape index (κ3) is 5.71. The molecule has 0 spiro atoms. The maximum atomic E-state index is 4.50. The molecule has 2 aromatic carbocycles. The fourth-order valence-electron chi connectivity index (χ4n) is 3.01. The Morgan fingerprint density at radius 1 is 1.04 bits per heavy atom. The molecule has 0 aliphatic rings. The molecule has 0 fully saturated rings. The molecule has 0 saturated heterocycles. The Morgan fingerprint density at radius 3 is 2.63 bits per heavy atom. The number of hydrogen-bond acceptors (Lipinski definition) is 2. The lowest BCUT2D eigenvalue weighted by Gasteiger charge is -2.13. The van der Waals surface area contributed by atoms with E-state index in [2.05, 4.69) is 80.6 Å². The molecule has 1 aromatic heterocycles. The average Bonchev–Trinajstić information content (AvgIpc) is 3.12. The van der Waals surface area contributed by atoms with E-state index in [0.717, 1.165) is 37.8 Å². The summed E-state index contributed by atoms with van der Waals surface area (Å²) in [6.45, 7) is 4.48. The lowest BCUT2D eigenvalue weighted by atomic mass is 10.1. The summed E-state index contributed by atoms with van der Waals surface area (Å²) in [6.07, 6.45) is 4.74. The van der Waals surface area contributed by atoms with Crippen LogP contribution >= 0.6 is 0 Å². The van der Waals surface area contributed by atoms with Gasteiger partial charge in [-0.2, -0.15) is 0 Å². The van der Waals surface area contributed by atoms with Crippen molar-refractivity contribution in [1.82, 2.24) is 20.2 Å². The van der Waals surface area contributed by atoms with Crippen LogP contribution in [0.2, 0.25) is 0 Å². The van der Waals surface area contributed by atoms with Gasteiger partial charge in [-0.05, 0) is 18.1 Å². The molecule has 0 aliphatic heterocycles. The van der Waals surface area contributed by atoms with Crippen molar-refractivity contribution in [2.75, 3.05) is 13.6 Å². The minimum absolute atomic E-state index is 0.754. The van der Waals surface area contributed by atoms with Crippen LogP contribution in [0.3, 0.4) is 0 Å². The number of aryl methyl sites for hydroxylation is 1. The van der Waals surface area contributed by atoms with Crippen molar-refractivity contribution in [3.05, 3.63) is 89.5 Å². The van der Waals surface area contributed by atoms with E-state index >= 15 is 0 Å². The van der Waals surface area contributed by atoms with E-state index in [9.17, 15) is 0 Å². The molecule has 0 saturated carbocycles. The van der Waals surface area contributed by atoms with Crippen LogP contribution in [0.25, 0.3) is 0 Å². The van der Waals surface area contributed by atoms with Gasteiger partial charge in [-0.1, -0.05) is 60.2 Å². The highest BCUT2D eigenvalue weighted by atomic mass is 15.2. The second-order valence-corrected chi connectivity index (χ2v) is 6.55. The van der Waals surface area contributed by atoms with Gasteiger partial charge in [0.15, 0.2) is 5.96 Å². The monoisotopic (exact) mass is 361 g/mol. The molecule has 0 atom stereocenters.